The SMILES string of the molecule is Cc1cc(F)cc(C(=O)Nc2cc(N)c(C)cc2C)c1. The lowest BCUT2D eigenvalue weighted by molar-refractivity contribution is 0.102. The molecular formula is C16H17FN2O. The molecule has 0 aliphatic carbocycles. The minimum atomic E-state index is -0.421. The summed E-state index contributed by atoms with van der Waals surface area (Å²) in [6.07, 6.45) is 0. The number of halogens is 1. The molecule has 0 bridgehead atoms. The third kappa shape index (κ3) is 2.96. The van der Waals surface area contributed by atoms with Gasteiger partial charge in [0.05, 0.1) is 0 Å². The predicted molar refractivity (Wildman–Crippen MR) is 79.4 cm³/mol. The maximum absolute atomic E-state index is 13.3. The van der Waals surface area contributed by atoms with Crippen molar-refractivity contribution >= 4 is 17.3 Å². The van der Waals surface area contributed by atoms with Gasteiger partial charge >= 0.3 is 0 Å². The van der Waals surface area contributed by atoms with Gasteiger partial charge in [-0.15, -0.1) is 0 Å². The predicted octanol–water partition coefficient (Wildman–Crippen LogP) is 3.59. The second-order valence-electron chi connectivity index (χ2n) is 5.00. The lowest BCUT2D eigenvalue weighted by atomic mass is 10.1. The summed E-state index contributed by atoms with van der Waals surface area (Å²) in [6, 6.07) is 7.86. The van der Waals surface area contributed by atoms with Crippen molar-refractivity contribution in [3.05, 3.63) is 58.4 Å². The Hall–Kier alpha value is -2.36. The molecule has 2 rings (SSSR count). The highest BCUT2D eigenvalue weighted by molar-refractivity contribution is 6.05. The van der Waals surface area contributed by atoms with Crippen molar-refractivity contribution in [3.8, 4) is 0 Å². The highest BCUT2D eigenvalue weighted by atomic mass is 19.1. The van der Waals surface area contributed by atoms with Crippen LogP contribution in [0.3, 0.4) is 0 Å². The van der Waals surface area contributed by atoms with Gasteiger partial charge in [-0.25, -0.2) is 4.39 Å². The normalized spacial score (nSPS) is 10.4. The van der Waals surface area contributed by atoms with Crippen LogP contribution in [0.15, 0.2) is 30.3 Å². The highest BCUT2D eigenvalue weighted by Crippen LogP contribution is 2.23. The molecule has 4 heteroatoms. The topological polar surface area (TPSA) is 55.1 Å². The molecule has 3 nitrogen and oxygen atoms in total. The Morgan fingerprint density at radius 2 is 1.75 bits per heavy atom. The summed E-state index contributed by atoms with van der Waals surface area (Å²) in [5.74, 6) is -0.769. The number of carbonyl (C=O) groups excluding carboxylic acids is 1. The zero-order chi connectivity index (χ0) is 14.9. The van der Waals surface area contributed by atoms with E-state index in [4.69, 9.17) is 5.73 Å². The van der Waals surface area contributed by atoms with Gasteiger partial charge in [0.1, 0.15) is 5.82 Å². The lowest BCUT2D eigenvalue weighted by Crippen LogP contribution is -2.13. The number of amides is 1. The molecule has 2 aromatic rings. The summed E-state index contributed by atoms with van der Waals surface area (Å²) < 4.78 is 13.3. The number of aryl methyl sites for hydroxylation is 3. The van der Waals surface area contributed by atoms with E-state index in [9.17, 15) is 9.18 Å². The molecule has 0 aromatic heterocycles. The van der Waals surface area contributed by atoms with Gasteiger partial charge in [-0.05, 0) is 61.7 Å². The molecule has 0 spiro atoms. The van der Waals surface area contributed by atoms with Crippen LogP contribution in [0.2, 0.25) is 0 Å². The molecule has 0 radical (unpaired) electrons. The van der Waals surface area contributed by atoms with E-state index in [1.54, 1.807) is 19.1 Å². The summed E-state index contributed by atoms with van der Waals surface area (Å²) in [7, 11) is 0. The van der Waals surface area contributed by atoms with Gasteiger partial charge in [0.25, 0.3) is 5.91 Å². The van der Waals surface area contributed by atoms with Crippen LogP contribution in [0.5, 0.6) is 0 Å². The van der Waals surface area contributed by atoms with Crippen LogP contribution >= 0.6 is 0 Å². The number of nitrogens with two attached hydrogens (primary N) is 1. The summed E-state index contributed by atoms with van der Waals surface area (Å²) in [5.41, 5.74) is 9.96. The second kappa shape index (κ2) is 5.33. The molecule has 104 valence electrons. The molecule has 2 aromatic carbocycles. The third-order valence-electron chi connectivity index (χ3n) is 3.17. The van der Waals surface area contributed by atoms with Crippen molar-refractivity contribution in [2.24, 2.45) is 0 Å². The molecule has 0 aliphatic rings. The first-order valence-electron chi connectivity index (χ1n) is 6.32. The monoisotopic (exact) mass is 272 g/mol. The Balaban J connectivity index is 2.30. The van der Waals surface area contributed by atoms with Crippen molar-refractivity contribution in [3.63, 3.8) is 0 Å². The molecule has 3 N–H and O–H groups in total. The Labute approximate surface area is 117 Å². The first-order chi connectivity index (χ1) is 9.36. The van der Waals surface area contributed by atoms with E-state index in [1.807, 2.05) is 19.9 Å². The van der Waals surface area contributed by atoms with E-state index in [-0.39, 0.29) is 5.91 Å². The number of hydrogen-bond donors (Lipinski definition) is 2. The minimum Gasteiger partial charge on any atom is -0.398 e. The van der Waals surface area contributed by atoms with E-state index >= 15 is 0 Å². The quantitative estimate of drug-likeness (QED) is 0.821. The molecule has 0 aliphatic heterocycles. The van der Waals surface area contributed by atoms with Gasteiger partial charge < -0.3 is 11.1 Å². The van der Waals surface area contributed by atoms with Crippen LogP contribution in [0.25, 0.3) is 0 Å². The molecule has 0 atom stereocenters. The van der Waals surface area contributed by atoms with Gasteiger partial charge in [-0.2, -0.15) is 0 Å². The Bertz CT molecular complexity index is 660. The molecule has 0 saturated heterocycles. The summed E-state index contributed by atoms with van der Waals surface area (Å²) >= 11 is 0. The Morgan fingerprint density at radius 1 is 1.05 bits per heavy atom. The number of nitrogens with one attached hydrogen (secondary N) is 1. The maximum Gasteiger partial charge on any atom is 0.255 e. The molecule has 0 fully saturated rings. The molecule has 0 saturated carbocycles. The van der Waals surface area contributed by atoms with Crippen LogP contribution in [0.4, 0.5) is 15.8 Å². The molecular weight excluding hydrogens is 255 g/mol. The highest BCUT2D eigenvalue weighted by Gasteiger charge is 2.10. The number of hydrogen-bond acceptors (Lipinski definition) is 2. The largest absolute Gasteiger partial charge is 0.398 e. The third-order valence-corrected chi connectivity index (χ3v) is 3.17. The van der Waals surface area contributed by atoms with Gasteiger partial charge in [0.15, 0.2) is 0 Å². The maximum atomic E-state index is 13.3. The summed E-state index contributed by atoms with van der Waals surface area (Å²) in [5, 5.41) is 2.76. The van der Waals surface area contributed by atoms with Crippen LogP contribution in [-0.2, 0) is 0 Å². The van der Waals surface area contributed by atoms with Crippen LogP contribution in [0, 0.1) is 26.6 Å². The van der Waals surface area contributed by atoms with Crippen LogP contribution in [0.1, 0.15) is 27.0 Å². The molecule has 0 heterocycles. The lowest BCUT2D eigenvalue weighted by Gasteiger charge is -2.11. The molecule has 20 heavy (non-hydrogen) atoms. The minimum absolute atomic E-state index is 0.293. The molecule has 0 unspecified atom stereocenters. The van der Waals surface area contributed by atoms with Gasteiger partial charge in [0, 0.05) is 16.9 Å². The van der Waals surface area contributed by atoms with Crippen molar-refractivity contribution in [1.82, 2.24) is 0 Å². The van der Waals surface area contributed by atoms with E-state index in [0.717, 1.165) is 11.1 Å². The first-order valence-corrected chi connectivity index (χ1v) is 6.32. The summed E-state index contributed by atoms with van der Waals surface area (Å²) in [4.78, 5) is 12.1. The zero-order valence-electron chi connectivity index (χ0n) is 11.8. The van der Waals surface area contributed by atoms with E-state index < -0.39 is 5.82 Å². The first kappa shape index (κ1) is 14.1. The smallest absolute Gasteiger partial charge is 0.255 e. The fraction of sp³-hybridized carbons (Fsp3) is 0.188. The average molecular weight is 272 g/mol. The van der Waals surface area contributed by atoms with Gasteiger partial charge in [-0.3, -0.25) is 4.79 Å². The number of rotatable bonds is 2. The fourth-order valence-corrected chi connectivity index (χ4v) is 2.07. The van der Waals surface area contributed by atoms with Gasteiger partial charge in [-0.1, -0.05) is 6.07 Å². The van der Waals surface area contributed by atoms with Crippen LogP contribution in [-0.4, -0.2) is 5.91 Å². The van der Waals surface area contributed by atoms with E-state index in [1.165, 1.54) is 12.1 Å². The van der Waals surface area contributed by atoms with E-state index in [0.29, 0.717) is 22.5 Å². The van der Waals surface area contributed by atoms with Crippen molar-refractivity contribution in [2.75, 3.05) is 11.1 Å². The number of nitrogen functional groups attached to an aromatic ring is 1. The Morgan fingerprint density at radius 3 is 2.40 bits per heavy atom. The Kier molecular flexibility index (Phi) is 3.74. The summed E-state index contributed by atoms with van der Waals surface area (Å²) in [6.45, 7) is 5.54. The number of anilines is 2. The second-order valence-corrected chi connectivity index (χ2v) is 5.00. The van der Waals surface area contributed by atoms with Crippen molar-refractivity contribution < 1.29 is 9.18 Å². The van der Waals surface area contributed by atoms with Crippen molar-refractivity contribution in [2.45, 2.75) is 20.8 Å². The zero-order valence-corrected chi connectivity index (χ0v) is 11.8. The van der Waals surface area contributed by atoms with E-state index in [2.05, 4.69) is 5.32 Å². The number of carbonyl (C=O) groups is 1. The van der Waals surface area contributed by atoms with Gasteiger partial charge in [0.2, 0.25) is 0 Å². The fourth-order valence-electron chi connectivity index (χ4n) is 2.07. The van der Waals surface area contributed by atoms with Crippen LogP contribution < -0.4 is 11.1 Å². The van der Waals surface area contributed by atoms with Crippen molar-refractivity contribution in [1.29, 1.82) is 0 Å². The molecule has 1 amide bonds. The standard InChI is InChI=1S/C16H17FN2O/c1-9-4-12(7-13(17)5-9)16(20)19-15-8-14(18)10(2)6-11(15)3/h4-8H,18H2,1-3H3,(H,19,20). The number of benzene rings is 2. The average Bonchev–Trinajstić information content (AvgIpc) is 2.34.